The number of nitrogens with one attached hydrogen (secondary N) is 1. The van der Waals surface area contributed by atoms with E-state index in [0.29, 0.717) is 36.5 Å². The second kappa shape index (κ2) is 7.19. The van der Waals surface area contributed by atoms with E-state index < -0.39 is 11.6 Å². The van der Waals surface area contributed by atoms with Crippen molar-refractivity contribution in [1.29, 1.82) is 5.26 Å². The summed E-state index contributed by atoms with van der Waals surface area (Å²) in [6.07, 6.45) is 4.06. The minimum Gasteiger partial charge on any atom is -0.296 e. The van der Waals surface area contributed by atoms with Crippen LogP contribution in [-0.4, -0.2) is 27.6 Å². The third kappa shape index (κ3) is 3.11. The maximum atomic E-state index is 13.4. The van der Waals surface area contributed by atoms with Crippen LogP contribution in [0.25, 0.3) is 11.3 Å². The van der Waals surface area contributed by atoms with Gasteiger partial charge >= 0.3 is 0 Å². The van der Waals surface area contributed by atoms with Crippen LogP contribution in [0.4, 0.5) is 14.6 Å². The number of halogens is 2. The number of aromatic amines is 1. The molecule has 1 aliphatic rings. The molecule has 8 heteroatoms. The molecule has 0 radical (unpaired) electrons. The smallest absolute Gasteiger partial charge is 0.231 e. The van der Waals surface area contributed by atoms with Gasteiger partial charge < -0.3 is 0 Å². The predicted molar refractivity (Wildman–Crippen MR) is 97.1 cm³/mol. The number of nitrogens with zero attached hydrogens (tertiary/aromatic N) is 4. The summed E-state index contributed by atoms with van der Waals surface area (Å²) in [7, 11) is 0. The molecule has 28 heavy (non-hydrogen) atoms. The van der Waals surface area contributed by atoms with Gasteiger partial charge in [-0.25, -0.2) is 8.78 Å². The minimum absolute atomic E-state index is 0.175. The number of amides is 1. The Morgan fingerprint density at radius 3 is 2.71 bits per heavy atom. The Bertz CT molecular complexity index is 1070. The first-order valence-electron chi connectivity index (χ1n) is 8.72. The maximum Gasteiger partial charge on any atom is 0.231 e. The number of carbonyl (C=O) groups excluding carboxylic acids is 1. The SMILES string of the molecule is N#Cc1c(-c2ccncc2)n[nH]c1N1CC[C@@H](Cc2ccc(F)c(F)c2)C1=O. The Balaban J connectivity index is 1.58. The van der Waals surface area contributed by atoms with E-state index in [1.807, 2.05) is 0 Å². The lowest BCUT2D eigenvalue weighted by Gasteiger charge is -2.15. The summed E-state index contributed by atoms with van der Waals surface area (Å²) in [5.41, 5.74) is 2.02. The third-order valence-electron chi connectivity index (χ3n) is 4.87. The highest BCUT2D eigenvalue weighted by molar-refractivity contribution is 5.98. The van der Waals surface area contributed by atoms with Gasteiger partial charge in [0.2, 0.25) is 5.91 Å². The fourth-order valence-corrected chi connectivity index (χ4v) is 3.45. The zero-order valence-corrected chi connectivity index (χ0v) is 14.7. The normalized spacial score (nSPS) is 16.4. The lowest BCUT2D eigenvalue weighted by molar-refractivity contribution is -0.120. The first-order chi connectivity index (χ1) is 13.6. The maximum absolute atomic E-state index is 13.4. The molecule has 0 aliphatic carbocycles. The number of H-pyrrole nitrogens is 1. The van der Waals surface area contributed by atoms with Crippen LogP contribution < -0.4 is 4.90 Å². The average molecular weight is 379 g/mol. The van der Waals surface area contributed by atoms with Crippen LogP contribution in [0.15, 0.2) is 42.7 Å². The van der Waals surface area contributed by atoms with Crippen molar-refractivity contribution in [2.45, 2.75) is 12.8 Å². The number of hydrogen-bond acceptors (Lipinski definition) is 4. The number of aromatic nitrogens is 3. The molecule has 140 valence electrons. The second-order valence-corrected chi connectivity index (χ2v) is 6.57. The first-order valence-corrected chi connectivity index (χ1v) is 8.72. The number of hydrogen-bond donors (Lipinski definition) is 1. The third-order valence-corrected chi connectivity index (χ3v) is 4.87. The van der Waals surface area contributed by atoms with Gasteiger partial charge in [-0.2, -0.15) is 10.4 Å². The highest BCUT2D eigenvalue weighted by Crippen LogP contribution is 2.33. The second-order valence-electron chi connectivity index (χ2n) is 6.57. The van der Waals surface area contributed by atoms with Gasteiger partial charge in [-0.15, -0.1) is 0 Å². The topological polar surface area (TPSA) is 85.7 Å². The largest absolute Gasteiger partial charge is 0.296 e. The molecule has 0 bridgehead atoms. The molecule has 1 aliphatic heterocycles. The van der Waals surface area contributed by atoms with Crippen molar-refractivity contribution in [1.82, 2.24) is 15.2 Å². The molecule has 1 atom stereocenters. The van der Waals surface area contributed by atoms with Crippen LogP contribution in [0.2, 0.25) is 0 Å². The van der Waals surface area contributed by atoms with Gasteiger partial charge in [-0.05, 0) is 42.7 Å². The molecular weight excluding hydrogens is 364 g/mol. The Hall–Kier alpha value is -3.60. The monoisotopic (exact) mass is 379 g/mol. The quantitative estimate of drug-likeness (QED) is 0.754. The summed E-state index contributed by atoms with van der Waals surface area (Å²) < 4.78 is 26.5. The van der Waals surface area contributed by atoms with Crippen LogP contribution in [0.3, 0.4) is 0 Å². The predicted octanol–water partition coefficient (Wildman–Crippen LogP) is 3.22. The summed E-state index contributed by atoms with van der Waals surface area (Å²) in [5, 5.41) is 16.6. The summed E-state index contributed by atoms with van der Waals surface area (Å²) >= 11 is 0. The summed E-state index contributed by atoms with van der Waals surface area (Å²) in [4.78, 5) is 18.3. The molecule has 1 N–H and O–H groups in total. The molecular formula is C20H15F2N5O. The number of carbonyl (C=O) groups is 1. The van der Waals surface area contributed by atoms with Gasteiger partial charge in [0.1, 0.15) is 23.1 Å². The zero-order valence-electron chi connectivity index (χ0n) is 14.7. The summed E-state index contributed by atoms with van der Waals surface area (Å²) in [5.74, 6) is -2.03. The fourth-order valence-electron chi connectivity index (χ4n) is 3.45. The van der Waals surface area contributed by atoms with Crippen molar-refractivity contribution < 1.29 is 13.6 Å². The number of benzene rings is 1. The van der Waals surface area contributed by atoms with E-state index in [-0.39, 0.29) is 17.4 Å². The van der Waals surface area contributed by atoms with Crippen LogP contribution in [-0.2, 0) is 11.2 Å². The van der Waals surface area contributed by atoms with E-state index in [1.54, 1.807) is 24.5 Å². The highest BCUT2D eigenvalue weighted by atomic mass is 19.2. The van der Waals surface area contributed by atoms with Crippen molar-refractivity contribution in [2.24, 2.45) is 5.92 Å². The van der Waals surface area contributed by atoms with Gasteiger partial charge in [-0.3, -0.25) is 19.8 Å². The zero-order chi connectivity index (χ0) is 19.7. The molecule has 0 saturated carbocycles. The van der Waals surface area contributed by atoms with Crippen LogP contribution >= 0.6 is 0 Å². The Morgan fingerprint density at radius 2 is 2.00 bits per heavy atom. The van der Waals surface area contributed by atoms with E-state index in [9.17, 15) is 18.8 Å². The summed E-state index contributed by atoms with van der Waals surface area (Å²) in [6, 6.07) is 9.24. The van der Waals surface area contributed by atoms with Gasteiger partial charge in [0.15, 0.2) is 11.6 Å². The van der Waals surface area contributed by atoms with Crippen LogP contribution in [0, 0.1) is 28.9 Å². The van der Waals surface area contributed by atoms with Crippen LogP contribution in [0.1, 0.15) is 17.5 Å². The molecule has 0 unspecified atom stereocenters. The van der Waals surface area contributed by atoms with E-state index in [0.717, 1.165) is 17.7 Å². The van der Waals surface area contributed by atoms with E-state index >= 15 is 0 Å². The molecule has 1 saturated heterocycles. The molecule has 1 amide bonds. The van der Waals surface area contributed by atoms with Crippen molar-refractivity contribution in [3.63, 3.8) is 0 Å². The highest BCUT2D eigenvalue weighted by Gasteiger charge is 2.35. The van der Waals surface area contributed by atoms with E-state index in [1.165, 1.54) is 11.0 Å². The number of anilines is 1. The Morgan fingerprint density at radius 1 is 1.21 bits per heavy atom. The van der Waals surface area contributed by atoms with Crippen molar-refractivity contribution >= 4 is 11.7 Å². The number of pyridine rings is 1. The minimum atomic E-state index is -0.929. The lowest BCUT2D eigenvalue weighted by atomic mass is 9.98. The molecule has 2 aromatic heterocycles. The Kier molecular flexibility index (Phi) is 4.57. The van der Waals surface area contributed by atoms with Crippen LogP contribution in [0.5, 0.6) is 0 Å². The number of nitriles is 1. The molecule has 3 aromatic rings. The van der Waals surface area contributed by atoms with Gasteiger partial charge in [0.05, 0.1) is 0 Å². The molecule has 1 aromatic carbocycles. The molecule has 1 fully saturated rings. The molecule has 3 heterocycles. The van der Waals surface area contributed by atoms with E-state index in [4.69, 9.17) is 0 Å². The first kappa shape index (κ1) is 17.8. The van der Waals surface area contributed by atoms with Gasteiger partial charge in [0, 0.05) is 30.4 Å². The van der Waals surface area contributed by atoms with Crippen molar-refractivity contribution in [3.05, 3.63) is 65.5 Å². The molecule has 6 nitrogen and oxygen atoms in total. The molecule has 4 rings (SSSR count). The fraction of sp³-hybridized carbons (Fsp3) is 0.200. The molecule has 0 spiro atoms. The Labute approximate surface area is 159 Å². The summed E-state index contributed by atoms with van der Waals surface area (Å²) in [6.45, 7) is 0.417. The number of rotatable bonds is 4. The average Bonchev–Trinajstić information content (AvgIpc) is 3.29. The van der Waals surface area contributed by atoms with E-state index in [2.05, 4.69) is 21.3 Å². The van der Waals surface area contributed by atoms with Crippen molar-refractivity contribution in [3.8, 4) is 17.3 Å². The van der Waals surface area contributed by atoms with Gasteiger partial charge in [-0.1, -0.05) is 6.07 Å². The lowest BCUT2D eigenvalue weighted by Crippen LogP contribution is -2.28. The van der Waals surface area contributed by atoms with Crippen molar-refractivity contribution in [2.75, 3.05) is 11.4 Å². The standard InChI is InChI=1S/C20H15F2N5O/c21-16-2-1-12(10-17(16)22)9-14-5-8-27(20(14)28)19-15(11-23)18(25-26-19)13-3-6-24-7-4-13/h1-4,6-7,10,14H,5,8-9H2,(H,25,26)/t14-/m0/s1. The van der Waals surface area contributed by atoms with Gasteiger partial charge in [0.25, 0.3) is 0 Å².